The second kappa shape index (κ2) is 6.05. The van der Waals surface area contributed by atoms with Crippen molar-refractivity contribution in [1.29, 1.82) is 0 Å². The summed E-state index contributed by atoms with van der Waals surface area (Å²) in [5.74, 6) is -0.659. The van der Waals surface area contributed by atoms with E-state index in [1.165, 1.54) is 23.0 Å². The molecule has 0 saturated carbocycles. The number of carbonyl (C=O) groups is 1. The summed E-state index contributed by atoms with van der Waals surface area (Å²) in [6, 6.07) is 9.81. The van der Waals surface area contributed by atoms with Crippen molar-refractivity contribution in [2.24, 2.45) is 5.10 Å². The highest BCUT2D eigenvalue weighted by Gasteiger charge is 2.11. The second-order valence-corrected chi connectivity index (χ2v) is 4.46. The molecule has 0 aliphatic carbocycles. The third kappa shape index (κ3) is 3.20. The lowest BCUT2D eigenvalue weighted by atomic mass is 10.3. The van der Waals surface area contributed by atoms with E-state index >= 15 is 0 Å². The van der Waals surface area contributed by atoms with Crippen molar-refractivity contribution in [2.75, 3.05) is 0 Å². The standard InChI is InChI=1S/C13H10N6O4/c20-12(8-18-11-4-2-1-3-10(11)15-17-18)16-14-7-9-5-6-13(23-9)19(21)22/h1-7H,8H2,(H,16,20)/b14-7-. The van der Waals surface area contributed by atoms with Gasteiger partial charge in [-0.25, -0.2) is 10.1 Å². The average Bonchev–Trinajstić information content (AvgIpc) is 3.15. The summed E-state index contributed by atoms with van der Waals surface area (Å²) in [7, 11) is 0. The third-order valence-corrected chi connectivity index (χ3v) is 2.89. The van der Waals surface area contributed by atoms with Gasteiger partial charge in [-0.05, 0) is 18.2 Å². The maximum atomic E-state index is 11.8. The summed E-state index contributed by atoms with van der Waals surface area (Å²) in [5.41, 5.74) is 3.70. The molecule has 0 bridgehead atoms. The first-order chi connectivity index (χ1) is 11.1. The lowest BCUT2D eigenvalue weighted by Crippen LogP contribution is -2.23. The normalized spacial score (nSPS) is 11.1. The number of nitrogens with one attached hydrogen (secondary N) is 1. The number of rotatable bonds is 5. The van der Waals surface area contributed by atoms with Gasteiger partial charge in [0.15, 0.2) is 5.76 Å². The Kier molecular flexibility index (Phi) is 3.78. The highest BCUT2D eigenvalue weighted by molar-refractivity contribution is 5.82. The largest absolute Gasteiger partial charge is 0.433 e. The number of aromatic nitrogens is 3. The molecule has 0 aliphatic heterocycles. The zero-order valence-electron chi connectivity index (χ0n) is 11.6. The maximum Gasteiger partial charge on any atom is 0.433 e. The molecule has 0 fully saturated rings. The van der Waals surface area contributed by atoms with Gasteiger partial charge in [-0.2, -0.15) is 5.10 Å². The van der Waals surface area contributed by atoms with Crippen molar-refractivity contribution in [3.8, 4) is 0 Å². The van der Waals surface area contributed by atoms with Crippen LogP contribution in [0.3, 0.4) is 0 Å². The van der Waals surface area contributed by atoms with E-state index in [1.807, 2.05) is 12.1 Å². The van der Waals surface area contributed by atoms with E-state index in [0.29, 0.717) is 5.52 Å². The first-order valence-corrected chi connectivity index (χ1v) is 6.48. The quantitative estimate of drug-likeness (QED) is 0.426. The molecular formula is C13H10N6O4. The van der Waals surface area contributed by atoms with Gasteiger partial charge < -0.3 is 4.42 Å². The van der Waals surface area contributed by atoms with Crippen LogP contribution in [0.5, 0.6) is 0 Å². The van der Waals surface area contributed by atoms with Gasteiger partial charge in [-0.1, -0.05) is 17.3 Å². The summed E-state index contributed by atoms with van der Waals surface area (Å²) in [6.45, 7) is -0.0594. The SMILES string of the molecule is O=C(Cn1nnc2ccccc21)N/N=C\c1ccc([N+](=O)[O-])o1. The van der Waals surface area contributed by atoms with E-state index in [-0.39, 0.29) is 12.3 Å². The van der Waals surface area contributed by atoms with Crippen molar-refractivity contribution in [3.63, 3.8) is 0 Å². The molecule has 0 aliphatic rings. The Balaban J connectivity index is 1.61. The molecule has 3 aromatic rings. The fraction of sp³-hybridized carbons (Fsp3) is 0.0769. The third-order valence-electron chi connectivity index (χ3n) is 2.89. The zero-order chi connectivity index (χ0) is 16.2. The van der Waals surface area contributed by atoms with E-state index in [0.717, 1.165) is 5.52 Å². The summed E-state index contributed by atoms with van der Waals surface area (Å²) in [4.78, 5) is 21.6. The monoisotopic (exact) mass is 314 g/mol. The van der Waals surface area contributed by atoms with Crippen LogP contribution in [0.25, 0.3) is 11.0 Å². The van der Waals surface area contributed by atoms with E-state index in [1.54, 1.807) is 12.1 Å². The van der Waals surface area contributed by atoms with Gasteiger partial charge in [0.1, 0.15) is 17.0 Å². The number of fused-ring (bicyclic) bond motifs is 1. The van der Waals surface area contributed by atoms with E-state index < -0.39 is 16.7 Å². The van der Waals surface area contributed by atoms with Crippen molar-refractivity contribution in [2.45, 2.75) is 6.54 Å². The molecule has 10 nitrogen and oxygen atoms in total. The molecule has 2 heterocycles. The number of hydrogen-bond acceptors (Lipinski definition) is 7. The molecule has 116 valence electrons. The Morgan fingerprint density at radius 2 is 2.22 bits per heavy atom. The number of furan rings is 1. The molecule has 0 radical (unpaired) electrons. The number of carbonyl (C=O) groups excluding carboxylic acids is 1. The van der Waals surface area contributed by atoms with Crippen molar-refractivity contribution >= 4 is 29.0 Å². The van der Waals surface area contributed by atoms with E-state index in [9.17, 15) is 14.9 Å². The molecule has 0 atom stereocenters. The number of para-hydroxylation sites is 1. The molecule has 23 heavy (non-hydrogen) atoms. The fourth-order valence-electron chi connectivity index (χ4n) is 1.88. The van der Waals surface area contributed by atoms with Crippen LogP contribution in [0.15, 0.2) is 45.9 Å². The van der Waals surface area contributed by atoms with Crippen molar-refractivity contribution in [1.82, 2.24) is 20.4 Å². The predicted molar refractivity (Wildman–Crippen MR) is 78.6 cm³/mol. The molecule has 1 amide bonds. The highest BCUT2D eigenvalue weighted by Crippen LogP contribution is 2.13. The number of hydrogen-bond donors (Lipinski definition) is 1. The molecule has 0 spiro atoms. The van der Waals surface area contributed by atoms with Gasteiger partial charge in [-0.15, -0.1) is 5.10 Å². The Bertz CT molecular complexity index is 897. The molecule has 0 unspecified atom stereocenters. The smallest absolute Gasteiger partial charge is 0.400 e. The van der Waals surface area contributed by atoms with Gasteiger partial charge in [0.05, 0.1) is 17.8 Å². The lowest BCUT2D eigenvalue weighted by Gasteiger charge is -2.00. The Morgan fingerprint density at radius 3 is 3.00 bits per heavy atom. The van der Waals surface area contributed by atoms with E-state index in [2.05, 4.69) is 20.8 Å². The zero-order valence-corrected chi connectivity index (χ0v) is 11.6. The van der Waals surface area contributed by atoms with Gasteiger partial charge >= 0.3 is 5.88 Å². The van der Waals surface area contributed by atoms with Crippen LogP contribution in [0.2, 0.25) is 0 Å². The van der Waals surface area contributed by atoms with Crippen LogP contribution >= 0.6 is 0 Å². The molecule has 10 heteroatoms. The van der Waals surface area contributed by atoms with Crippen LogP contribution in [-0.4, -0.2) is 32.0 Å². The topological polar surface area (TPSA) is 128 Å². The van der Waals surface area contributed by atoms with Gasteiger partial charge in [0, 0.05) is 0 Å². The minimum atomic E-state index is -0.661. The molecule has 2 aromatic heterocycles. The van der Waals surface area contributed by atoms with Crippen molar-refractivity contribution < 1.29 is 14.1 Å². The molecule has 1 aromatic carbocycles. The summed E-state index contributed by atoms with van der Waals surface area (Å²) in [6.07, 6.45) is 1.17. The predicted octanol–water partition coefficient (Wildman–Crippen LogP) is 1.08. The molecule has 3 rings (SSSR count). The summed E-state index contributed by atoms with van der Waals surface area (Å²) >= 11 is 0. The van der Waals surface area contributed by atoms with Crippen LogP contribution in [0.4, 0.5) is 5.88 Å². The average molecular weight is 314 g/mol. The summed E-state index contributed by atoms with van der Waals surface area (Å²) in [5, 5.41) is 22.0. The van der Waals surface area contributed by atoms with Crippen LogP contribution in [0.1, 0.15) is 5.76 Å². The maximum absolute atomic E-state index is 11.8. The number of nitro groups is 1. The first kappa shape index (κ1) is 14.4. The van der Waals surface area contributed by atoms with Crippen LogP contribution in [0, 0.1) is 10.1 Å². The Morgan fingerprint density at radius 1 is 1.39 bits per heavy atom. The number of hydrazone groups is 1. The Labute approximate surface area is 128 Å². The number of benzene rings is 1. The molecule has 1 N–H and O–H groups in total. The molecular weight excluding hydrogens is 304 g/mol. The second-order valence-electron chi connectivity index (χ2n) is 4.46. The van der Waals surface area contributed by atoms with Crippen LogP contribution < -0.4 is 5.43 Å². The number of nitrogens with zero attached hydrogens (tertiary/aromatic N) is 5. The Hall–Kier alpha value is -3.56. The van der Waals surface area contributed by atoms with Gasteiger partial charge in [-0.3, -0.25) is 14.9 Å². The van der Waals surface area contributed by atoms with Crippen LogP contribution in [-0.2, 0) is 11.3 Å². The van der Waals surface area contributed by atoms with E-state index in [4.69, 9.17) is 4.42 Å². The highest BCUT2D eigenvalue weighted by atomic mass is 16.6. The molecule has 0 saturated heterocycles. The van der Waals surface area contributed by atoms with Gasteiger partial charge in [0.25, 0.3) is 5.91 Å². The van der Waals surface area contributed by atoms with Crippen molar-refractivity contribution in [3.05, 3.63) is 52.3 Å². The summed E-state index contributed by atoms with van der Waals surface area (Å²) < 4.78 is 6.31. The number of amides is 1. The minimum Gasteiger partial charge on any atom is -0.400 e. The lowest BCUT2D eigenvalue weighted by molar-refractivity contribution is -0.402. The fourth-order valence-corrected chi connectivity index (χ4v) is 1.88. The minimum absolute atomic E-state index is 0.0594. The van der Waals surface area contributed by atoms with Gasteiger partial charge in [0.2, 0.25) is 0 Å². The first-order valence-electron chi connectivity index (χ1n) is 6.48.